The van der Waals surface area contributed by atoms with Crippen molar-refractivity contribution < 1.29 is 23.1 Å². The van der Waals surface area contributed by atoms with Crippen molar-refractivity contribution in [3.8, 4) is 0 Å². The zero-order valence-electron chi connectivity index (χ0n) is 8.55. The first kappa shape index (κ1) is 12.9. The van der Waals surface area contributed by atoms with Crippen molar-refractivity contribution in [2.75, 3.05) is 11.5 Å². The van der Waals surface area contributed by atoms with Gasteiger partial charge in [0.25, 0.3) is 0 Å². The van der Waals surface area contributed by atoms with E-state index in [1.54, 1.807) is 0 Å². The molecule has 1 fully saturated rings. The molecular weight excluding hydrogens is 236 g/mol. The molecule has 0 aromatic rings. The summed E-state index contributed by atoms with van der Waals surface area (Å²) < 4.78 is 22.3. The van der Waals surface area contributed by atoms with Crippen LogP contribution in [0, 0.1) is 0 Å². The van der Waals surface area contributed by atoms with Gasteiger partial charge < -0.3 is 16.2 Å². The molecule has 0 bridgehead atoms. The van der Waals surface area contributed by atoms with Crippen molar-refractivity contribution in [3.05, 3.63) is 0 Å². The molecule has 1 aliphatic rings. The Labute approximate surface area is 92.9 Å². The monoisotopic (exact) mass is 250 g/mol. The van der Waals surface area contributed by atoms with Crippen LogP contribution in [0.15, 0.2) is 0 Å². The molecular formula is C8H14N2O5S. The van der Waals surface area contributed by atoms with Crippen molar-refractivity contribution >= 4 is 21.7 Å². The fourth-order valence-corrected chi connectivity index (χ4v) is 3.32. The molecule has 16 heavy (non-hydrogen) atoms. The Hall–Kier alpha value is -1.15. The molecule has 0 aliphatic carbocycles. The van der Waals surface area contributed by atoms with Crippen LogP contribution in [-0.2, 0) is 19.4 Å². The molecule has 0 aromatic heterocycles. The Morgan fingerprint density at radius 2 is 2.12 bits per heavy atom. The first-order valence-corrected chi connectivity index (χ1v) is 6.60. The lowest BCUT2D eigenvalue weighted by Gasteiger charge is -2.17. The first-order valence-electron chi connectivity index (χ1n) is 4.78. The van der Waals surface area contributed by atoms with Crippen LogP contribution in [0.25, 0.3) is 0 Å². The number of primary amides is 1. The fourth-order valence-electron chi connectivity index (χ4n) is 1.63. The molecule has 1 rings (SSSR count). The first-order chi connectivity index (χ1) is 7.30. The maximum absolute atomic E-state index is 11.1. The fraction of sp³-hybridized carbons (Fsp3) is 0.750. The molecule has 2 atom stereocenters. The molecule has 7 nitrogen and oxygen atoms in total. The number of hydrogen-bond acceptors (Lipinski definition) is 5. The van der Waals surface area contributed by atoms with Crippen molar-refractivity contribution in [1.29, 1.82) is 0 Å². The summed E-state index contributed by atoms with van der Waals surface area (Å²) in [6, 6.07) is -1.53. The molecule has 1 aliphatic heterocycles. The predicted molar refractivity (Wildman–Crippen MR) is 55.4 cm³/mol. The SMILES string of the molecule is NC(=O)CC(NC1CCS(=O)(=O)C1)C(=O)O. The third kappa shape index (κ3) is 3.78. The number of carboxylic acid groups (broad SMARTS) is 1. The molecule has 0 radical (unpaired) electrons. The van der Waals surface area contributed by atoms with Crippen LogP contribution in [0.2, 0.25) is 0 Å². The zero-order valence-corrected chi connectivity index (χ0v) is 9.37. The lowest BCUT2D eigenvalue weighted by Crippen LogP contribution is -2.45. The van der Waals surface area contributed by atoms with Gasteiger partial charge in [-0.15, -0.1) is 0 Å². The average molecular weight is 250 g/mol. The summed E-state index contributed by atoms with van der Waals surface area (Å²) in [7, 11) is -3.07. The Bertz CT molecular complexity index is 391. The van der Waals surface area contributed by atoms with Gasteiger partial charge in [-0.3, -0.25) is 9.59 Å². The molecule has 0 spiro atoms. The van der Waals surface area contributed by atoms with Crippen molar-refractivity contribution in [1.82, 2.24) is 5.32 Å². The summed E-state index contributed by atoms with van der Waals surface area (Å²) in [5.74, 6) is -1.98. The Kier molecular flexibility index (Phi) is 3.87. The highest BCUT2D eigenvalue weighted by molar-refractivity contribution is 7.91. The summed E-state index contributed by atoms with van der Waals surface area (Å²) in [5, 5.41) is 11.4. The number of nitrogens with one attached hydrogen (secondary N) is 1. The summed E-state index contributed by atoms with van der Waals surface area (Å²) in [6.07, 6.45) is 0.0246. The number of nitrogens with two attached hydrogens (primary N) is 1. The largest absolute Gasteiger partial charge is 0.480 e. The highest BCUT2D eigenvalue weighted by Gasteiger charge is 2.31. The van der Waals surface area contributed by atoms with Gasteiger partial charge in [0.05, 0.1) is 17.9 Å². The van der Waals surface area contributed by atoms with Gasteiger partial charge in [-0.05, 0) is 6.42 Å². The summed E-state index contributed by atoms with van der Waals surface area (Å²) in [4.78, 5) is 21.4. The summed E-state index contributed by atoms with van der Waals surface area (Å²) in [6.45, 7) is 0. The van der Waals surface area contributed by atoms with Crippen molar-refractivity contribution in [2.45, 2.75) is 24.9 Å². The number of carboxylic acids is 1. The number of sulfone groups is 1. The van der Waals surface area contributed by atoms with E-state index >= 15 is 0 Å². The van der Waals surface area contributed by atoms with Gasteiger partial charge in [-0.1, -0.05) is 0 Å². The van der Waals surface area contributed by atoms with Crippen LogP contribution in [0.4, 0.5) is 0 Å². The van der Waals surface area contributed by atoms with Gasteiger partial charge in [0.1, 0.15) is 6.04 Å². The van der Waals surface area contributed by atoms with Gasteiger partial charge in [0.2, 0.25) is 5.91 Å². The van der Waals surface area contributed by atoms with E-state index in [0.29, 0.717) is 6.42 Å². The van der Waals surface area contributed by atoms with Gasteiger partial charge in [0, 0.05) is 6.04 Å². The van der Waals surface area contributed by atoms with E-state index in [9.17, 15) is 18.0 Å². The van der Waals surface area contributed by atoms with E-state index in [4.69, 9.17) is 10.8 Å². The molecule has 8 heteroatoms. The number of amides is 1. The smallest absolute Gasteiger partial charge is 0.321 e. The molecule has 1 amide bonds. The van der Waals surface area contributed by atoms with E-state index in [2.05, 4.69) is 5.32 Å². The Morgan fingerprint density at radius 1 is 1.50 bits per heavy atom. The van der Waals surface area contributed by atoms with Crippen LogP contribution in [0.3, 0.4) is 0 Å². The van der Waals surface area contributed by atoms with Crippen LogP contribution < -0.4 is 11.1 Å². The van der Waals surface area contributed by atoms with Crippen LogP contribution in [0.5, 0.6) is 0 Å². The van der Waals surface area contributed by atoms with Crippen LogP contribution in [-0.4, -0.2) is 49.0 Å². The molecule has 0 saturated carbocycles. The minimum absolute atomic E-state index is 0.0492. The topological polar surface area (TPSA) is 127 Å². The molecule has 2 unspecified atom stereocenters. The highest BCUT2D eigenvalue weighted by atomic mass is 32.2. The van der Waals surface area contributed by atoms with E-state index in [1.165, 1.54) is 0 Å². The lowest BCUT2D eigenvalue weighted by atomic mass is 10.1. The zero-order chi connectivity index (χ0) is 12.3. The predicted octanol–water partition coefficient (Wildman–Crippen LogP) is -1.91. The normalized spacial score (nSPS) is 25.1. The van der Waals surface area contributed by atoms with Gasteiger partial charge >= 0.3 is 5.97 Å². The lowest BCUT2D eigenvalue weighted by molar-refractivity contribution is -0.141. The standard InChI is InChI=1S/C8H14N2O5S/c9-7(11)3-6(8(12)13)10-5-1-2-16(14,15)4-5/h5-6,10H,1-4H2,(H2,9,11)(H,12,13). The number of carbonyl (C=O) groups is 2. The maximum atomic E-state index is 11.1. The number of carbonyl (C=O) groups excluding carboxylic acids is 1. The summed E-state index contributed by atoms with van der Waals surface area (Å²) >= 11 is 0. The molecule has 4 N–H and O–H groups in total. The van der Waals surface area contributed by atoms with Gasteiger partial charge in [-0.25, -0.2) is 8.42 Å². The number of aliphatic carboxylic acids is 1. The van der Waals surface area contributed by atoms with Gasteiger partial charge in [0.15, 0.2) is 9.84 Å². The number of rotatable bonds is 5. The minimum Gasteiger partial charge on any atom is -0.480 e. The molecule has 1 saturated heterocycles. The van der Waals surface area contributed by atoms with E-state index in [-0.39, 0.29) is 17.9 Å². The maximum Gasteiger partial charge on any atom is 0.321 e. The number of hydrogen-bond donors (Lipinski definition) is 3. The summed E-state index contributed by atoms with van der Waals surface area (Å²) in [5.41, 5.74) is 4.90. The second-order valence-electron chi connectivity index (χ2n) is 3.83. The Balaban J connectivity index is 2.56. The van der Waals surface area contributed by atoms with Crippen molar-refractivity contribution in [3.63, 3.8) is 0 Å². The third-order valence-electron chi connectivity index (χ3n) is 2.37. The molecule has 1 heterocycles. The van der Waals surface area contributed by atoms with Crippen molar-refractivity contribution in [2.24, 2.45) is 5.73 Å². The van der Waals surface area contributed by atoms with Gasteiger partial charge in [-0.2, -0.15) is 0 Å². The van der Waals surface area contributed by atoms with Crippen LogP contribution in [0.1, 0.15) is 12.8 Å². The van der Waals surface area contributed by atoms with E-state index in [0.717, 1.165) is 0 Å². The van der Waals surface area contributed by atoms with Crippen LogP contribution >= 0.6 is 0 Å². The van der Waals surface area contributed by atoms with E-state index in [1.807, 2.05) is 0 Å². The Morgan fingerprint density at radius 3 is 2.50 bits per heavy atom. The molecule has 0 aromatic carbocycles. The highest BCUT2D eigenvalue weighted by Crippen LogP contribution is 2.12. The third-order valence-corrected chi connectivity index (χ3v) is 4.14. The average Bonchev–Trinajstić information content (AvgIpc) is 2.43. The second-order valence-corrected chi connectivity index (χ2v) is 6.06. The second kappa shape index (κ2) is 4.79. The molecule has 92 valence electrons. The quantitative estimate of drug-likeness (QED) is 0.522. The van der Waals surface area contributed by atoms with E-state index < -0.39 is 33.8 Å². The minimum atomic E-state index is -3.07.